The van der Waals surface area contributed by atoms with Crippen LogP contribution in [0.2, 0.25) is 0 Å². The van der Waals surface area contributed by atoms with E-state index in [0.717, 1.165) is 0 Å². The Balaban J connectivity index is 0.000000366. The van der Waals surface area contributed by atoms with Crippen molar-refractivity contribution in [2.45, 2.75) is 6.42 Å². The lowest BCUT2D eigenvalue weighted by Gasteiger charge is -2.04. The molecule has 0 radical (unpaired) electrons. The maximum absolute atomic E-state index is 11.1. The topological polar surface area (TPSA) is 81.3 Å². The zero-order chi connectivity index (χ0) is 17.1. The minimum absolute atomic E-state index is 0.0163. The van der Waals surface area contributed by atoms with Crippen LogP contribution in [0.15, 0.2) is 79.1 Å². The van der Waals surface area contributed by atoms with Crippen molar-refractivity contribution in [1.29, 1.82) is 5.26 Å². The lowest BCUT2D eigenvalue weighted by atomic mass is 9.99. The van der Waals surface area contributed by atoms with Gasteiger partial charge in [0.1, 0.15) is 0 Å². The fraction of sp³-hybridized carbons (Fsp3) is 0.0526. The van der Waals surface area contributed by atoms with E-state index < -0.39 is 5.97 Å². The van der Waals surface area contributed by atoms with Gasteiger partial charge in [-0.15, -0.1) is 0 Å². The molecular formula is C19H17NO3. The van der Waals surface area contributed by atoms with Crippen LogP contribution in [-0.4, -0.2) is 16.2 Å². The average molecular weight is 307 g/mol. The molecule has 0 amide bonds. The number of nitrogens with zero attached hydrogens (tertiary/aromatic N) is 1. The molecule has 2 aromatic carbocycles. The van der Waals surface area contributed by atoms with Crippen molar-refractivity contribution in [2.24, 2.45) is 0 Å². The second-order valence-electron chi connectivity index (χ2n) is 4.51. The van der Waals surface area contributed by atoms with Gasteiger partial charge in [0.25, 0.3) is 0 Å². The Morgan fingerprint density at radius 2 is 1.57 bits per heavy atom. The first-order valence-corrected chi connectivity index (χ1v) is 6.86. The van der Waals surface area contributed by atoms with E-state index in [4.69, 9.17) is 15.5 Å². The van der Waals surface area contributed by atoms with Crippen molar-refractivity contribution in [3.8, 4) is 6.07 Å². The average Bonchev–Trinajstić information content (AvgIpc) is 2.57. The van der Waals surface area contributed by atoms with Gasteiger partial charge in [0.2, 0.25) is 0 Å². The molecule has 2 rings (SSSR count). The summed E-state index contributed by atoms with van der Waals surface area (Å²) >= 11 is 0. The van der Waals surface area contributed by atoms with Crippen LogP contribution in [0.5, 0.6) is 0 Å². The molecule has 0 bridgehead atoms. The molecule has 23 heavy (non-hydrogen) atoms. The van der Waals surface area contributed by atoms with Crippen molar-refractivity contribution in [3.63, 3.8) is 0 Å². The summed E-state index contributed by atoms with van der Waals surface area (Å²) in [5.41, 5.74) is 0.603. The smallest absolute Gasteiger partial charge is 0.336 e. The van der Waals surface area contributed by atoms with Gasteiger partial charge >= 0.3 is 5.97 Å². The molecule has 0 saturated carbocycles. The van der Waals surface area contributed by atoms with Crippen molar-refractivity contribution < 1.29 is 15.0 Å². The first-order chi connectivity index (χ1) is 11.1. The number of aliphatic hydroxyl groups excluding tert-OH is 1. The summed E-state index contributed by atoms with van der Waals surface area (Å²) < 4.78 is 0. The van der Waals surface area contributed by atoms with Crippen LogP contribution in [0.3, 0.4) is 0 Å². The summed E-state index contributed by atoms with van der Waals surface area (Å²) in [6, 6.07) is 20.3. The molecule has 0 aromatic heterocycles. The monoisotopic (exact) mass is 307 g/mol. The third-order valence-electron chi connectivity index (χ3n) is 2.78. The second-order valence-corrected chi connectivity index (χ2v) is 4.51. The van der Waals surface area contributed by atoms with E-state index in [0.29, 0.717) is 5.56 Å². The van der Waals surface area contributed by atoms with Crippen LogP contribution in [-0.2, 0) is 4.79 Å². The van der Waals surface area contributed by atoms with Crippen molar-refractivity contribution in [2.75, 3.05) is 0 Å². The summed E-state index contributed by atoms with van der Waals surface area (Å²) in [4.78, 5) is 11.1. The molecule has 0 fully saturated rings. The molecule has 0 unspecified atom stereocenters. The number of aliphatic carboxylic acids is 1. The summed E-state index contributed by atoms with van der Waals surface area (Å²) in [5.74, 6) is -1.27. The zero-order valence-corrected chi connectivity index (χ0v) is 12.5. The van der Waals surface area contributed by atoms with E-state index in [-0.39, 0.29) is 23.3 Å². The number of hydrogen-bond donors (Lipinski definition) is 2. The normalized spacial score (nSPS) is 9.96. The Kier molecular flexibility index (Phi) is 7.39. The fourth-order valence-corrected chi connectivity index (χ4v) is 1.73. The number of carbonyl (C=O) groups is 1. The zero-order valence-electron chi connectivity index (χ0n) is 12.5. The summed E-state index contributed by atoms with van der Waals surface area (Å²) in [5, 5.41) is 26.9. The maximum atomic E-state index is 11.1. The van der Waals surface area contributed by atoms with E-state index >= 15 is 0 Å². The van der Waals surface area contributed by atoms with Gasteiger partial charge < -0.3 is 10.2 Å². The molecule has 2 aromatic rings. The SMILES string of the molecule is C=C(O)CC=C(C(=O)O)c1ccccc1C#N.c1ccccc1. The first-order valence-electron chi connectivity index (χ1n) is 6.86. The maximum Gasteiger partial charge on any atom is 0.336 e. The van der Waals surface area contributed by atoms with Gasteiger partial charge in [0.15, 0.2) is 0 Å². The predicted molar refractivity (Wildman–Crippen MR) is 89.6 cm³/mol. The van der Waals surface area contributed by atoms with Gasteiger partial charge in [-0.3, -0.25) is 0 Å². The first kappa shape index (κ1) is 17.7. The molecule has 4 nitrogen and oxygen atoms in total. The van der Waals surface area contributed by atoms with Gasteiger partial charge in [-0.05, 0) is 6.07 Å². The lowest BCUT2D eigenvalue weighted by Crippen LogP contribution is -2.02. The van der Waals surface area contributed by atoms with Gasteiger partial charge in [-0.1, -0.05) is 67.3 Å². The summed E-state index contributed by atoms with van der Waals surface area (Å²) in [7, 11) is 0. The number of nitriles is 1. The molecule has 0 aliphatic rings. The molecule has 0 aliphatic carbocycles. The van der Waals surface area contributed by atoms with Crippen molar-refractivity contribution >= 4 is 11.5 Å². The molecule has 4 heteroatoms. The molecule has 0 spiro atoms. The Labute approximate surface area is 135 Å². The van der Waals surface area contributed by atoms with E-state index in [9.17, 15) is 4.79 Å². The highest BCUT2D eigenvalue weighted by Crippen LogP contribution is 2.20. The molecule has 0 saturated heterocycles. The summed E-state index contributed by atoms with van der Waals surface area (Å²) in [6.45, 7) is 3.28. The highest BCUT2D eigenvalue weighted by Gasteiger charge is 2.13. The quantitative estimate of drug-likeness (QED) is 0.656. The number of rotatable bonds is 4. The van der Waals surface area contributed by atoms with Gasteiger partial charge in [-0.25, -0.2) is 4.79 Å². The van der Waals surface area contributed by atoms with E-state index in [1.165, 1.54) is 6.08 Å². The highest BCUT2D eigenvalue weighted by molar-refractivity contribution is 6.16. The van der Waals surface area contributed by atoms with Crippen molar-refractivity contribution in [3.05, 3.63) is 90.2 Å². The number of benzene rings is 2. The van der Waals surface area contributed by atoms with Crippen LogP contribution in [0.4, 0.5) is 0 Å². The number of carboxylic acid groups (broad SMARTS) is 1. The lowest BCUT2D eigenvalue weighted by molar-refractivity contribution is -0.130. The largest absolute Gasteiger partial charge is 0.513 e. The number of aliphatic hydroxyl groups is 1. The van der Waals surface area contributed by atoms with Crippen LogP contribution < -0.4 is 0 Å². The minimum Gasteiger partial charge on any atom is -0.513 e. The second kappa shape index (κ2) is 9.59. The molecule has 2 N–H and O–H groups in total. The van der Waals surface area contributed by atoms with Gasteiger partial charge in [-0.2, -0.15) is 5.26 Å². The molecule has 0 heterocycles. The number of allylic oxidation sites excluding steroid dienone is 1. The Morgan fingerprint density at radius 1 is 1.04 bits per heavy atom. The Hall–Kier alpha value is -3.32. The Morgan fingerprint density at radius 3 is 2.00 bits per heavy atom. The van der Waals surface area contributed by atoms with Crippen molar-refractivity contribution in [1.82, 2.24) is 0 Å². The van der Waals surface area contributed by atoms with Crippen LogP contribution in [0.1, 0.15) is 17.5 Å². The van der Waals surface area contributed by atoms with E-state index in [2.05, 4.69) is 6.58 Å². The van der Waals surface area contributed by atoms with E-state index in [1.54, 1.807) is 24.3 Å². The van der Waals surface area contributed by atoms with Crippen LogP contribution >= 0.6 is 0 Å². The number of hydrogen-bond acceptors (Lipinski definition) is 3. The minimum atomic E-state index is -1.14. The molecule has 0 atom stereocenters. The molecule has 0 aliphatic heterocycles. The highest BCUT2D eigenvalue weighted by atomic mass is 16.4. The van der Waals surface area contributed by atoms with E-state index in [1.807, 2.05) is 42.5 Å². The predicted octanol–water partition coefficient (Wildman–Crippen LogP) is 4.17. The fourth-order valence-electron chi connectivity index (χ4n) is 1.73. The molecular weight excluding hydrogens is 290 g/mol. The van der Waals surface area contributed by atoms with Gasteiger partial charge in [0, 0.05) is 12.0 Å². The number of carboxylic acids is 1. The van der Waals surface area contributed by atoms with Crippen LogP contribution in [0.25, 0.3) is 5.57 Å². The third-order valence-corrected chi connectivity index (χ3v) is 2.78. The van der Waals surface area contributed by atoms with Gasteiger partial charge in [0.05, 0.1) is 23.0 Å². The molecule has 116 valence electrons. The Bertz CT molecular complexity index is 701. The third kappa shape index (κ3) is 6.32. The standard InChI is InChI=1S/C13H11NO3.C6H6/c1-9(15)6-7-12(13(16)17)11-5-3-2-4-10(11)8-14;1-2-4-6-5-3-1/h2-5,7,15H,1,6H2,(H,16,17);1-6H. The summed E-state index contributed by atoms with van der Waals surface area (Å²) in [6.07, 6.45) is 1.38. The van der Waals surface area contributed by atoms with Crippen LogP contribution in [0, 0.1) is 11.3 Å².